The minimum Gasteiger partial charge on any atom is -0.265 e. The molecule has 0 spiro atoms. The molecule has 0 radical (unpaired) electrons. The van der Waals surface area contributed by atoms with E-state index in [1.54, 1.807) is 0 Å². The van der Waals surface area contributed by atoms with E-state index in [4.69, 9.17) is 0 Å². The van der Waals surface area contributed by atoms with Crippen LogP contribution in [0.25, 0.3) is 77.9 Å². The zero-order valence-corrected chi connectivity index (χ0v) is 26.1. The van der Waals surface area contributed by atoms with E-state index >= 15 is 0 Å². The van der Waals surface area contributed by atoms with Gasteiger partial charge in [0.2, 0.25) is 0 Å². The molecule has 0 saturated heterocycles. The van der Waals surface area contributed by atoms with Crippen molar-refractivity contribution < 1.29 is 0 Å². The molecule has 0 amide bonds. The summed E-state index contributed by atoms with van der Waals surface area (Å²) in [5.41, 5.74) is 15.9. The Bertz CT molecular complexity index is 2050. The highest BCUT2D eigenvalue weighted by atomic mass is 14.6. The highest BCUT2D eigenvalue weighted by Crippen LogP contribution is 2.39. The van der Waals surface area contributed by atoms with Gasteiger partial charge in [-0.05, 0) is 181 Å². The zero-order valence-electron chi connectivity index (χ0n) is 26.1. The van der Waals surface area contributed by atoms with Crippen molar-refractivity contribution in [1.29, 1.82) is 0 Å². The molecule has 48 heavy (non-hydrogen) atoms. The molecule has 4 aromatic carbocycles. The van der Waals surface area contributed by atoms with Crippen LogP contribution in [0, 0.1) is 0 Å². The summed E-state index contributed by atoms with van der Waals surface area (Å²) in [5, 5.41) is 0. The van der Waals surface area contributed by atoms with Gasteiger partial charge in [0.05, 0.1) is 0 Å². The van der Waals surface area contributed by atoms with Crippen LogP contribution >= 0.6 is 0 Å². The van der Waals surface area contributed by atoms with Crippen LogP contribution < -0.4 is 0 Å². The van der Waals surface area contributed by atoms with E-state index in [2.05, 4.69) is 153 Å². The van der Waals surface area contributed by atoms with Gasteiger partial charge >= 0.3 is 0 Å². The molecular formula is C44H30N4. The molecule has 4 aromatic heterocycles. The molecule has 0 fully saturated rings. The number of rotatable bonds is 7. The third-order valence-electron chi connectivity index (χ3n) is 8.63. The lowest BCUT2D eigenvalue weighted by Crippen LogP contribution is -1.91. The van der Waals surface area contributed by atoms with Crippen molar-refractivity contribution in [3.63, 3.8) is 0 Å². The second kappa shape index (κ2) is 13.1. The largest absolute Gasteiger partial charge is 0.265 e. The monoisotopic (exact) mass is 614 g/mol. The molecule has 0 aliphatic heterocycles. The van der Waals surface area contributed by atoms with Crippen molar-refractivity contribution in [3.8, 4) is 77.9 Å². The minimum atomic E-state index is 1.12. The highest BCUT2D eigenvalue weighted by molar-refractivity contribution is 5.88. The molecule has 0 aliphatic carbocycles. The lowest BCUT2D eigenvalue weighted by Gasteiger charge is -2.16. The predicted molar refractivity (Wildman–Crippen MR) is 196 cm³/mol. The SMILES string of the molecule is c1ccc(-c2cc(-c3cc(-c4ccncc4)cc(-c4ccncc4)c3)cc(-c3cc(-c4ccncc4)cc(-c4ccncc4)c3)c2)cc1. The van der Waals surface area contributed by atoms with E-state index in [-0.39, 0.29) is 0 Å². The number of pyridine rings is 4. The van der Waals surface area contributed by atoms with Crippen LogP contribution in [0.4, 0.5) is 0 Å². The molecule has 4 heteroatoms. The molecule has 4 nitrogen and oxygen atoms in total. The van der Waals surface area contributed by atoms with Gasteiger partial charge in [0.1, 0.15) is 0 Å². The highest BCUT2D eigenvalue weighted by Gasteiger charge is 2.13. The number of nitrogens with zero attached hydrogens (tertiary/aromatic N) is 4. The Hall–Kier alpha value is -6.52. The molecule has 226 valence electrons. The smallest absolute Gasteiger partial charge is 0.0273 e. The average molecular weight is 615 g/mol. The van der Waals surface area contributed by atoms with Gasteiger partial charge in [-0.2, -0.15) is 0 Å². The molecular weight excluding hydrogens is 585 g/mol. The van der Waals surface area contributed by atoms with Crippen LogP contribution in [0.15, 0.2) is 183 Å². The van der Waals surface area contributed by atoms with Crippen molar-refractivity contribution >= 4 is 0 Å². The summed E-state index contributed by atoms with van der Waals surface area (Å²) in [5.74, 6) is 0. The minimum absolute atomic E-state index is 1.12. The van der Waals surface area contributed by atoms with E-state index < -0.39 is 0 Å². The maximum Gasteiger partial charge on any atom is 0.0273 e. The van der Waals surface area contributed by atoms with E-state index in [1.807, 2.05) is 49.6 Å². The molecule has 0 aliphatic rings. The first-order valence-corrected chi connectivity index (χ1v) is 15.9. The zero-order chi connectivity index (χ0) is 32.1. The normalized spacial score (nSPS) is 10.9. The van der Waals surface area contributed by atoms with Crippen molar-refractivity contribution in [2.45, 2.75) is 0 Å². The molecule has 8 rings (SSSR count). The summed E-state index contributed by atoms with van der Waals surface area (Å²) < 4.78 is 0. The van der Waals surface area contributed by atoms with Gasteiger partial charge in [-0.3, -0.25) is 19.9 Å². The molecule has 0 atom stereocenters. The fourth-order valence-electron chi connectivity index (χ4n) is 6.19. The summed E-state index contributed by atoms with van der Waals surface area (Å²) in [6.45, 7) is 0. The van der Waals surface area contributed by atoms with Gasteiger partial charge in [-0.15, -0.1) is 0 Å². The molecule has 4 heterocycles. The summed E-state index contributed by atoms with van der Waals surface area (Å²) in [4.78, 5) is 17.1. The molecule has 0 saturated carbocycles. The van der Waals surface area contributed by atoms with Gasteiger partial charge in [0, 0.05) is 49.6 Å². The van der Waals surface area contributed by atoms with E-state index in [9.17, 15) is 0 Å². The number of hydrogen-bond acceptors (Lipinski definition) is 4. The van der Waals surface area contributed by atoms with Gasteiger partial charge in [0.25, 0.3) is 0 Å². The van der Waals surface area contributed by atoms with Crippen LogP contribution in [0.1, 0.15) is 0 Å². The standard InChI is InChI=1S/C44H30N4/c1-2-4-31(5-3-1)36-24-43(41-26-37(32-6-14-45-15-7-32)22-38(27-41)33-8-16-46-17-9-33)30-44(25-36)42-28-39(34-10-18-47-19-11-34)23-40(29-42)35-12-20-48-21-13-35/h1-30H. The summed E-state index contributed by atoms with van der Waals surface area (Å²) in [7, 11) is 0. The fourth-order valence-corrected chi connectivity index (χ4v) is 6.19. The van der Waals surface area contributed by atoms with Crippen molar-refractivity contribution in [2.75, 3.05) is 0 Å². The fraction of sp³-hybridized carbons (Fsp3) is 0. The Balaban J connectivity index is 1.36. The molecule has 0 unspecified atom stereocenters. The third kappa shape index (κ3) is 6.15. The lowest BCUT2D eigenvalue weighted by molar-refractivity contribution is 1.33. The quantitative estimate of drug-likeness (QED) is 0.179. The Morgan fingerprint density at radius 2 is 0.375 bits per heavy atom. The second-order valence-electron chi connectivity index (χ2n) is 11.7. The van der Waals surface area contributed by atoms with E-state index in [0.29, 0.717) is 0 Å². The Morgan fingerprint density at radius 1 is 0.188 bits per heavy atom. The third-order valence-corrected chi connectivity index (χ3v) is 8.63. The van der Waals surface area contributed by atoms with Gasteiger partial charge in [-0.25, -0.2) is 0 Å². The van der Waals surface area contributed by atoms with Crippen LogP contribution in [-0.4, -0.2) is 19.9 Å². The van der Waals surface area contributed by atoms with E-state index in [1.165, 1.54) is 5.56 Å². The number of hydrogen-bond donors (Lipinski definition) is 0. The van der Waals surface area contributed by atoms with Crippen molar-refractivity contribution in [2.24, 2.45) is 0 Å². The first kappa shape index (κ1) is 28.9. The first-order chi connectivity index (χ1) is 23.8. The molecule has 0 bridgehead atoms. The second-order valence-corrected chi connectivity index (χ2v) is 11.7. The molecule has 8 aromatic rings. The van der Waals surface area contributed by atoms with Crippen molar-refractivity contribution in [3.05, 3.63) is 183 Å². The van der Waals surface area contributed by atoms with Crippen LogP contribution in [0.3, 0.4) is 0 Å². The Labute approximate surface area is 280 Å². The summed E-state index contributed by atoms with van der Waals surface area (Å²) >= 11 is 0. The number of benzene rings is 4. The maximum absolute atomic E-state index is 4.27. The summed E-state index contributed by atoms with van der Waals surface area (Å²) in [6, 6.07) is 47.6. The van der Waals surface area contributed by atoms with Crippen LogP contribution in [-0.2, 0) is 0 Å². The number of aromatic nitrogens is 4. The van der Waals surface area contributed by atoms with E-state index in [0.717, 1.165) is 72.3 Å². The Kier molecular flexibility index (Phi) is 7.87. The van der Waals surface area contributed by atoms with Crippen LogP contribution in [0.2, 0.25) is 0 Å². The average Bonchev–Trinajstić information content (AvgIpc) is 3.19. The summed E-state index contributed by atoms with van der Waals surface area (Å²) in [6.07, 6.45) is 14.8. The van der Waals surface area contributed by atoms with Gasteiger partial charge < -0.3 is 0 Å². The van der Waals surface area contributed by atoms with Crippen molar-refractivity contribution in [1.82, 2.24) is 19.9 Å². The van der Waals surface area contributed by atoms with Crippen LogP contribution in [0.5, 0.6) is 0 Å². The first-order valence-electron chi connectivity index (χ1n) is 15.9. The molecule has 0 N–H and O–H groups in total. The van der Waals surface area contributed by atoms with Gasteiger partial charge in [-0.1, -0.05) is 30.3 Å². The lowest BCUT2D eigenvalue weighted by atomic mass is 9.88. The topological polar surface area (TPSA) is 51.6 Å². The predicted octanol–water partition coefficient (Wildman–Crippen LogP) is 10.9. The Morgan fingerprint density at radius 3 is 0.604 bits per heavy atom. The maximum atomic E-state index is 4.27. The van der Waals surface area contributed by atoms with Gasteiger partial charge in [0.15, 0.2) is 0 Å².